The summed E-state index contributed by atoms with van der Waals surface area (Å²) >= 11 is 0. The van der Waals surface area contributed by atoms with Crippen molar-refractivity contribution in [1.29, 1.82) is 0 Å². The van der Waals surface area contributed by atoms with E-state index in [-0.39, 0.29) is 23.3 Å². The Morgan fingerprint density at radius 2 is 1.80 bits per heavy atom. The van der Waals surface area contributed by atoms with E-state index in [9.17, 15) is 9.59 Å². The summed E-state index contributed by atoms with van der Waals surface area (Å²) in [6.07, 6.45) is 2.73. The van der Waals surface area contributed by atoms with Crippen LogP contribution in [0.2, 0.25) is 0 Å². The summed E-state index contributed by atoms with van der Waals surface area (Å²) in [7, 11) is 0. The first-order valence-electron chi connectivity index (χ1n) is 7.64. The van der Waals surface area contributed by atoms with E-state index >= 15 is 0 Å². The molecule has 0 bridgehead atoms. The van der Waals surface area contributed by atoms with E-state index in [0.717, 1.165) is 38.9 Å². The molecule has 1 aliphatic heterocycles. The maximum absolute atomic E-state index is 12.2. The van der Waals surface area contributed by atoms with Crippen LogP contribution in [0.4, 0.5) is 0 Å². The number of amides is 2. The molecule has 1 fully saturated rings. The van der Waals surface area contributed by atoms with Crippen molar-refractivity contribution in [2.24, 2.45) is 5.41 Å². The van der Waals surface area contributed by atoms with Gasteiger partial charge in [0.1, 0.15) is 0 Å². The number of hydrogen-bond donors (Lipinski definition) is 2. The van der Waals surface area contributed by atoms with E-state index in [1.165, 1.54) is 0 Å². The van der Waals surface area contributed by atoms with E-state index in [1.807, 2.05) is 25.7 Å². The maximum atomic E-state index is 12.2. The van der Waals surface area contributed by atoms with Gasteiger partial charge in [-0.3, -0.25) is 9.59 Å². The lowest BCUT2D eigenvalue weighted by Gasteiger charge is -2.36. The molecule has 1 aliphatic rings. The molecule has 0 unspecified atom stereocenters. The third kappa shape index (κ3) is 5.49. The minimum Gasteiger partial charge on any atom is -0.352 e. The Hall–Kier alpha value is -1.10. The minimum absolute atomic E-state index is 0.0547. The van der Waals surface area contributed by atoms with Crippen LogP contribution in [0.25, 0.3) is 0 Å². The van der Waals surface area contributed by atoms with Crippen molar-refractivity contribution in [1.82, 2.24) is 15.5 Å². The van der Waals surface area contributed by atoms with Gasteiger partial charge in [-0.25, -0.2) is 0 Å². The van der Waals surface area contributed by atoms with Gasteiger partial charge in [0, 0.05) is 24.5 Å². The Morgan fingerprint density at radius 1 is 1.20 bits per heavy atom. The monoisotopic (exact) mass is 283 g/mol. The first-order chi connectivity index (χ1) is 9.34. The molecule has 2 amide bonds. The zero-order chi connectivity index (χ0) is 15.2. The second kappa shape index (κ2) is 7.62. The zero-order valence-electron chi connectivity index (χ0n) is 13.3. The molecule has 0 radical (unpaired) electrons. The van der Waals surface area contributed by atoms with Crippen molar-refractivity contribution < 1.29 is 9.59 Å². The SMILES string of the molecule is CCCNCC(=O)NC1CCN(C(=O)C(C)(C)C)CC1. The van der Waals surface area contributed by atoms with Crippen LogP contribution < -0.4 is 10.6 Å². The fourth-order valence-electron chi connectivity index (χ4n) is 2.36. The van der Waals surface area contributed by atoms with Crippen LogP contribution in [0.5, 0.6) is 0 Å². The average molecular weight is 283 g/mol. The van der Waals surface area contributed by atoms with E-state index in [1.54, 1.807) is 0 Å². The predicted molar refractivity (Wildman–Crippen MR) is 80.4 cm³/mol. The van der Waals surface area contributed by atoms with E-state index in [2.05, 4.69) is 17.6 Å². The predicted octanol–water partition coefficient (Wildman–Crippen LogP) is 1.14. The molecule has 2 N–H and O–H groups in total. The van der Waals surface area contributed by atoms with Gasteiger partial charge in [-0.05, 0) is 25.8 Å². The summed E-state index contributed by atoms with van der Waals surface area (Å²) in [6.45, 7) is 10.6. The molecule has 0 aromatic carbocycles. The lowest BCUT2D eigenvalue weighted by molar-refractivity contribution is -0.140. The quantitative estimate of drug-likeness (QED) is 0.744. The lowest BCUT2D eigenvalue weighted by Crippen LogP contribution is -2.50. The van der Waals surface area contributed by atoms with E-state index < -0.39 is 0 Å². The van der Waals surface area contributed by atoms with Gasteiger partial charge >= 0.3 is 0 Å². The van der Waals surface area contributed by atoms with Crippen LogP contribution in [-0.2, 0) is 9.59 Å². The van der Waals surface area contributed by atoms with Crippen molar-refractivity contribution in [2.45, 2.75) is 53.0 Å². The molecule has 1 saturated heterocycles. The molecule has 5 heteroatoms. The molecule has 0 aliphatic carbocycles. The van der Waals surface area contributed by atoms with Gasteiger partial charge in [0.05, 0.1) is 6.54 Å². The Kier molecular flexibility index (Phi) is 6.46. The summed E-state index contributed by atoms with van der Waals surface area (Å²) in [4.78, 5) is 25.8. The van der Waals surface area contributed by atoms with Crippen LogP contribution in [-0.4, -0.2) is 48.9 Å². The molecular formula is C15H29N3O2. The number of rotatable bonds is 5. The number of piperidine rings is 1. The summed E-state index contributed by atoms with van der Waals surface area (Å²) < 4.78 is 0. The normalized spacial score (nSPS) is 17.1. The first kappa shape index (κ1) is 17.0. The zero-order valence-corrected chi connectivity index (χ0v) is 13.3. The van der Waals surface area contributed by atoms with Gasteiger partial charge in [0.25, 0.3) is 0 Å². The Morgan fingerprint density at radius 3 is 2.30 bits per heavy atom. The van der Waals surface area contributed by atoms with Gasteiger partial charge in [0.15, 0.2) is 0 Å². The smallest absolute Gasteiger partial charge is 0.234 e. The third-order valence-electron chi connectivity index (χ3n) is 3.50. The van der Waals surface area contributed by atoms with Gasteiger partial charge in [-0.1, -0.05) is 27.7 Å². The van der Waals surface area contributed by atoms with Crippen LogP contribution in [0.15, 0.2) is 0 Å². The van der Waals surface area contributed by atoms with E-state index in [0.29, 0.717) is 6.54 Å². The first-order valence-corrected chi connectivity index (χ1v) is 7.64. The minimum atomic E-state index is -0.319. The van der Waals surface area contributed by atoms with Crippen molar-refractivity contribution in [3.05, 3.63) is 0 Å². The van der Waals surface area contributed by atoms with Gasteiger partial charge in [0.2, 0.25) is 11.8 Å². The molecule has 0 atom stereocenters. The summed E-state index contributed by atoms with van der Waals surface area (Å²) in [5, 5.41) is 6.13. The average Bonchev–Trinajstić information content (AvgIpc) is 2.38. The fourth-order valence-corrected chi connectivity index (χ4v) is 2.36. The fraction of sp³-hybridized carbons (Fsp3) is 0.867. The highest BCUT2D eigenvalue weighted by Crippen LogP contribution is 2.20. The summed E-state index contributed by atoms with van der Waals surface area (Å²) in [5.74, 6) is 0.255. The van der Waals surface area contributed by atoms with Crippen LogP contribution in [0.3, 0.4) is 0 Å². The molecule has 1 heterocycles. The third-order valence-corrected chi connectivity index (χ3v) is 3.50. The van der Waals surface area contributed by atoms with Crippen LogP contribution in [0, 0.1) is 5.41 Å². The molecule has 5 nitrogen and oxygen atoms in total. The second-order valence-corrected chi connectivity index (χ2v) is 6.56. The maximum Gasteiger partial charge on any atom is 0.234 e. The summed E-state index contributed by atoms with van der Waals surface area (Å²) in [6, 6.07) is 0.204. The number of nitrogens with zero attached hydrogens (tertiary/aromatic N) is 1. The Bertz CT molecular complexity index is 329. The molecule has 0 aromatic rings. The molecule has 116 valence electrons. The second-order valence-electron chi connectivity index (χ2n) is 6.56. The molecule has 0 spiro atoms. The highest BCUT2D eigenvalue weighted by Gasteiger charge is 2.30. The van der Waals surface area contributed by atoms with Crippen molar-refractivity contribution >= 4 is 11.8 Å². The lowest BCUT2D eigenvalue weighted by atomic mass is 9.93. The topological polar surface area (TPSA) is 61.4 Å². The Labute approximate surface area is 122 Å². The number of carbonyl (C=O) groups excluding carboxylic acids is 2. The van der Waals surface area contributed by atoms with Crippen molar-refractivity contribution in [3.8, 4) is 0 Å². The number of carbonyl (C=O) groups is 2. The highest BCUT2D eigenvalue weighted by molar-refractivity contribution is 5.81. The number of hydrogen-bond acceptors (Lipinski definition) is 3. The van der Waals surface area contributed by atoms with Crippen molar-refractivity contribution in [3.63, 3.8) is 0 Å². The van der Waals surface area contributed by atoms with Gasteiger partial charge < -0.3 is 15.5 Å². The molecule has 0 saturated carbocycles. The molecule has 0 aromatic heterocycles. The summed E-state index contributed by atoms with van der Waals surface area (Å²) in [5.41, 5.74) is -0.319. The van der Waals surface area contributed by atoms with Crippen LogP contribution in [0.1, 0.15) is 47.0 Å². The molecule has 1 rings (SSSR count). The highest BCUT2D eigenvalue weighted by atomic mass is 16.2. The largest absolute Gasteiger partial charge is 0.352 e. The molecular weight excluding hydrogens is 254 g/mol. The van der Waals surface area contributed by atoms with Crippen molar-refractivity contribution in [2.75, 3.05) is 26.2 Å². The Balaban J connectivity index is 2.28. The molecule has 20 heavy (non-hydrogen) atoms. The van der Waals surface area contributed by atoms with Crippen LogP contribution >= 0.6 is 0 Å². The number of nitrogens with one attached hydrogen (secondary N) is 2. The standard InChI is InChI=1S/C15H29N3O2/c1-5-8-16-11-13(19)17-12-6-9-18(10-7-12)14(20)15(2,3)4/h12,16H,5-11H2,1-4H3,(H,17,19). The number of likely N-dealkylation sites (tertiary alicyclic amines) is 1. The van der Waals surface area contributed by atoms with Gasteiger partial charge in [-0.15, -0.1) is 0 Å². The van der Waals surface area contributed by atoms with Gasteiger partial charge in [-0.2, -0.15) is 0 Å². The van der Waals surface area contributed by atoms with E-state index in [4.69, 9.17) is 0 Å².